The fraction of sp³-hybridized carbons (Fsp3) is 0.125. The Morgan fingerprint density at radius 2 is 1.60 bits per heavy atom. The van der Waals surface area contributed by atoms with Crippen LogP contribution in [0.3, 0.4) is 0 Å². The third-order valence-electron chi connectivity index (χ3n) is 2.97. The van der Waals surface area contributed by atoms with Gasteiger partial charge in [0.15, 0.2) is 0 Å². The van der Waals surface area contributed by atoms with Crippen LogP contribution in [0, 0.1) is 20.6 Å². The number of pyridine rings is 3. The minimum absolute atomic E-state index is 0.266. The SMILES string of the molecule is Cc1ccc(N)nc1.[2H]c1c([2H])c([2H])c(-n2c([2H])c(C([2H])([2H])[2H])c([2H])c([2H])c2=O)c([2H])c1[2H].[2H]c1nc(N)c([2H])c([2H])c1C([2H])([2H])[2H]. The van der Waals surface area contributed by atoms with Crippen LogP contribution in [0.4, 0.5) is 11.6 Å². The van der Waals surface area contributed by atoms with Crippen molar-refractivity contribution in [1.82, 2.24) is 14.5 Å². The Labute approximate surface area is 200 Å². The first-order valence-electron chi connectivity index (χ1n) is 16.6. The molecule has 0 unspecified atom stereocenters. The van der Waals surface area contributed by atoms with E-state index in [0.29, 0.717) is 5.82 Å². The van der Waals surface area contributed by atoms with Crippen LogP contribution >= 0.6 is 0 Å². The van der Waals surface area contributed by atoms with Crippen LogP contribution in [0.25, 0.3) is 5.69 Å². The van der Waals surface area contributed by atoms with Gasteiger partial charge < -0.3 is 11.5 Å². The normalized spacial score (nSPS) is 18.5. The van der Waals surface area contributed by atoms with Gasteiger partial charge >= 0.3 is 0 Å². The number of nitrogens with two attached hydrogens (primary N) is 2. The third kappa shape index (κ3) is 7.59. The molecule has 3 aromatic heterocycles. The van der Waals surface area contributed by atoms with Crippen molar-refractivity contribution in [2.75, 3.05) is 11.5 Å². The minimum atomic E-state index is -3.01. The monoisotopic (exact) mass is 418 g/mol. The Bertz CT molecular complexity index is 1820. The number of hydrogen-bond acceptors (Lipinski definition) is 5. The van der Waals surface area contributed by atoms with Crippen molar-refractivity contribution < 1.29 is 23.3 Å². The lowest BCUT2D eigenvalue weighted by Crippen LogP contribution is -2.16. The Hall–Kier alpha value is -3.93. The fourth-order valence-corrected chi connectivity index (χ4v) is 1.65. The number of hydrogen-bond donors (Lipinski definition) is 2. The zero-order chi connectivity index (χ0) is 36.5. The number of anilines is 2. The molecule has 0 aliphatic rings. The van der Waals surface area contributed by atoms with Crippen LogP contribution < -0.4 is 17.0 Å². The summed E-state index contributed by atoms with van der Waals surface area (Å²) in [5.74, 6) is 0.281. The molecule has 0 radical (unpaired) electrons. The van der Waals surface area contributed by atoms with Crippen molar-refractivity contribution in [2.45, 2.75) is 20.6 Å². The van der Waals surface area contributed by atoms with E-state index < -0.39 is 103 Å². The highest BCUT2D eigenvalue weighted by Gasteiger charge is 1.97. The van der Waals surface area contributed by atoms with Crippen LogP contribution in [-0.4, -0.2) is 14.5 Å². The number of para-hydroxylation sites is 1. The summed E-state index contributed by atoms with van der Waals surface area (Å²) in [5, 5.41) is 0. The molecule has 30 heavy (non-hydrogen) atoms. The van der Waals surface area contributed by atoms with E-state index in [0.717, 1.165) is 5.56 Å². The molecule has 0 aliphatic carbocycles. The van der Waals surface area contributed by atoms with Gasteiger partial charge in [-0.3, -0.25) is 9.36 Å². The molecule has 0 saturated heterocycles. The number of aryl methyl sites for hydroxylation is 1. The molecular formula is C24H27N5O. The largest absolute Gasteiger partial charge is 0.384 e. The third-order valence-corrected chi connectivity index (χ3v) is 2.97. The lowest BCUT2D eigenvalue weighted by molar-refractivity contribution is 0.976. The summed E-state index contributed by atoms with van der Waals surface area (Å²) in [6, 6.07) is -3.22. The first-order valence-corrected chi connectivity index (χ1v) is 8.08. The molecule has 4 rings (SSSR count). The first-order chi connectivity index (χ1) is 21.4. The number of nitrogens with zero attached hydrogens (tertiary/aromatic N) is 3. The van der Waals surface area contributed by atoms with E-state index in [4.69, 9.17) is 34.8 Å². The van der Waals surface area contributed by atoms with Gasteiger partial charge in [-0.25, -0.2) is 9.97 Å². The average Bonchev–Trinajstić information content (AvgIpc) is 2.95. The van der Waals surface area contributed by atoms with Gasteiger partial charge in [-0.15, -0.1) is 0 Å². The number of benzene rings is 1. The number of rotatable bonds is 1. The summed E-state index contributed by atoms with van der Waals surface area (Å²) in [4.78, 5) is 19.6. The van der Waals surface area contributed by atoms with Crippen LogP contribution in [0.2, 0.25) is 0 Å². The number of nitrogen functional groups attached to an aromatic ring is 2. The summed E-state index contributed by atoms with van der Waals surface area (Å²) in [6.07, 6.45) is 0.156. The van der Waals surface area contributed by atoms with Gasteiger partial charge in [0.1, 0.15) is 11.6 Å². The highest BCUT2D eigenvalue weighted by Crippen LogP contribution is 2.04. The van der Waals surface area contributed by atoms with E-state index in [9.17, 15) is 4.79 Å². The summed E-state index contributed by atoms with van der Waals surface area (Å²) in [7, 11) is 0. The molecule has 154 valence electrons. The van der Waals surface area contributed by atoms with E-state index in [1.54, 1.807) is 12.3 Å². The van der Waals surface area contributed by atoms with Crippen LogP contribution in [-0.2, 0) is 0 Å². The summed E-state index contributed by atoms with van der Waals surface area (Å²) < 4.78 is 127. The van der Waals surface area contributed by atoms with Gasteiger partial charge in [0, 0.05) is 38.5 Å². The highest BCUT2D eigenvalue weighted by molar-refractivity contribution is 5.32. The Morgan fingerprint density at radius 1 is 0.867 bits per heavy atom. The van der Waals surface area contributed by atoms with Crippen molar-refractivity contribution in [3.63, 3.8) is 0 Å². The second-order valence-corrected chi connectivity index (χ2v) is 5.35. The summed E-state index contributed by atoms with van der Waals surface area (Å²) in [5.41, 5.74) is 8.17. The van der Waals surface area contributed by atoms with Gasteiger partial charge in [0.2, 0.25) is 0 Å². The lowest BCUT2D eigenvalue weighted by Gasteiger charge is -2.05. The van der Waals surface area contributed by atoms with Crippen molar-refractivity contribution >= 4 is 11.6 Å². The van der Waals surface area contributed by atoms with Crippen LogP contribution in [0.15, 0.2) is 89.9 Å². The molecule has 6 heteroatoms. The molecule has 0 aliphatic heterocycles. The number of aromatic nitrogens is 3. The predicted molar refractivity (Wildman–Crippen MR) is 124 cm³/mol. The van der Waals surface area contributed by atoms with Crippen molar-refractivity contribution in [3.05, 3.63) is 112 Å². The van der Waals surface area contributed by atoms with Gasteiger partial charge in [-0.1, -0.05) is 36.3 Å². The Morgan fingerprint density at radius 3 is 2.23 bits per heavy atom. The quantitative estimate of drug-likeness (QED) is 0.485. The molecule has 0 saturated carbocycles. The maximum absolute atomic E-state index is 12.3. The zero-order valence-corrected chi connectivity index (χ0v) is 15.6. The average molecular weight is 419 g/mol. The highest BCUT2D eigenvalue weighted by atomic mass is 16.1. The molecule has 6 nitrogen and oxygen atoms in total. The van der Waals surface area contributed by atoms with E-state index in [-0.39, 0.29) is 10.4 Å². The van der Waals surface area contributed by atoms with E-state index >= 15 is 0 Å². The van der Waals surface area contributed by atoms with E-state index in [2.05, 4.69) is 9.97 Å². The van der Waals surface area contributed by atoms with Crippen LogP contribution in [0.5, 0.6) is 0 Å². The van der Waals surface area contributed by atoms with Gasteiger partial charge in [-0.05, 0) is 61.5 Å². The fourth-order valence-electron chi connectivity index (χ4n) is 1.65. The van der Waals surface area contributed by atoms with Crippen molar-refractivity contribution in [1.29, 1.82) is 0 Å². The molecule has 4 aromatic rings. The molecule has 0 atom stereocenters. The molecule has 0 spiro atoms. The maximum Gasteiger partial charge on any atom is 0.255 e. The Balaban J connectivity index is 0.000000290. The lowest BCUT2D eigenvalue weighted by atomic mass is 10.3. The molecular weight excluding hydrogens is 374 g/mol. The second kappa shape index (κ2) is 11.2. The van der Waals surface area contributed by atoms with Gasteiger partial charge in [0.25, 0.3) is 5.56 Å². The van der Waals surface area contributed by atoms with Crippen molar-refractivity contribution in [2.24, 2.45) is 0 Å². The van der Waals surface area contributed by atoms with E-state index in [1.807, 2.05) is 13.0 Å². The molecule has 0 fully saturated rings. The predicted octanol–water partition coefficient (Wildman–Crippen LogP) is 4.09. The smallest absolute Gasteiger partial charge is 0.255 e. The molecule has 0 bridgehead atoms. The molecule has 4 N–H and O–H groups in total. The second-order valence-electron chi connectivity index (χ2n) is 5.35. The maximum atomic E-state index is 12.3. The topological polar surface area (TPSA) is 99.8 Å². The summed E-state index contributed by atoms with van der Waals surface area (Å²) in [6.45, 7) is -3.64. The standard InChI is InChI=1S/C12H11NO.2C6H8N2/c1-10-7-8-12(14)13(9-10)11-5-3-2-4-6-11;2*1-5-2-3-6(7)8-4-5/h2-9H,1H3;2*2-4H,1H3,(H2,7,8)/i1D3,2D,3D,4D,5D,6D,7D,8D,9D;1D3,2D,3D,4D;. The van der Waals surface area contributed by atoms with E-state index in [1.165, 1.54) is 0 Å². The van der Waals surface area contributed by atoms with Crippen molar-refractivity contribution in [3.8, 4) is 5.69 Å². The molecule has 1 aromatic carbocycles. The molecule has 3 heterocycles. The minimum Gasteiger partial charge on any atom is -0.384 e. The van der Waals surface area contributed by atoms with Gasteiger partial charge in [0.05, 0.1) is 15.1 Å². The van der Waals surface area contributed by atoms with Gasteiger partial charge in [-0.2, -0.15) is 0 Å². The molecule has 0 amide bonds. The van der Waals surface area contributed by atoms with Crippen LogP contribution in [0.1, 0.15) is 40.0 Å². The first kappa shape index (κ1) is 8.44. The summed E-state index contributed by atoms with van der Waals surface area (Å²) >= 11 is 0. The zero-order valence-electron chi connectivity index (χ0n) is 32.6. The Kier molecular flexibility index (Phi) is 3.14.